The first-order valence-electron chi connectivity index (χ1n) is 3.78. The van der Waals surface area contributed by atoms with Crippen molar-refractivity contribution in [2.75, 3.05) is 0 Å². The van der Waals surface area contributed by atoms with Crippen molar-refractivity contribution in [1.82, 2.24) is 4.98 Å². The van der Waals surface area contributed by atoms with E-state index in [9.17, 15) is 8.78 Å². The lowest BCUT2D eigenvalue weighted by Gasteiger charge is -2.08. The van der Waals surface area contributed by atoms with Crippen molar-refractivity contribution in [1.29, 1.82) is 0 Å². The highest BCUT2D eigenvalue weighted by molar-refractivity contribution is 6.58. The molecule has 7 heteroatoms. The quantitative estimate of drug-likeness (QED) is 0.660. The molecule has 0 radical (unpaired) electrons. The third-order valence-corrected chi connectivity index (χ3v) is 1.58. The van der Waals surface area contributed by atoms with E-state index in [1.54, 1.807) is 0 Å². The van der Waals surface area contributed by atoms with Crippen LogP contribution in [0.2, 0.25) is 0 Å². The molecule has 0 amide bonds. The van der Waals surface area contributed by atoms with Gasteiger partial charge in [0.1, 0.15) is 5.75 Å². The highest BCUT2D eigenvalue weighted by Gasteiger charge is 2.15. The summed E-state index contributed by atoms with van der Waals surface area (Å²) in [6.07, 6.45) is 1.18. The fraction of sp³-hybridized carbons (Fsp3) is 0.286. The van der Waals surface area contributed by atoms with E-state index in [1.165, 1.54) is 13.1 Å². The zero-order chi connectivity index (χ0) is 10.7. The monoisotopic (exact) mass is 203 g/mol. The van der Waals surface area contributed by atoms with Crippen LogP contribution < -0.4 is 10.2 Å². The van der Waals surface area contributed by atoms with E-state index in [2.05, 4.69) is 9.72 Å². The number of hydrogen-bond donors (Lipinski definition) is 2. The second-order valence-electron chi connectivity index (χ2n) is 2.60. The summed E-state index contributed by atoms with van der Waals surface area (Å²) in [5, 5.41) is 17.5. The van der Waals surface area contributed by atoms with Gasteiger partial charge in [0.05, 0.1) is 5.69 Å². The fourth-order valence-corrected chi connectivity index (χ4v) is 0.885. The van der Waals surface area contributed by atoms with E-state index in [-0.39, 0.29) is 16.9 Å². The number of halogens is 2. The zero-order valence-electron chi connectivity index (χ0n) is 7.32. The number of pyridine rings is 1. The Labute approximate surface area is 79.3 Å². The first-order chi connectivity index (χ1) is 6.50. The van der Waals surface area contributed by atoms with E-state index in [4.69, 9.17) is 10.0 Å². The highest BCUT2D eigenvalue weighted by atomic mass is 19.3. The average Bonchev–Trinajstić information content (AvgIpc) is 2.07. The number of hydrogen-bond acceptors (Lipinski definition) is 4. The molecule has 14 heavy (non-hydrogen) atoms. The third-order valence-electron chi connectivity index (χ3n) is 1.58. The molecule has 0 aliphatic carbocycles. The van der Waals surface area contributed by atoms with Crippen LogP contribution in [0.1, 0.15) is 5.69 Å². The first-order valence-corrected chi connectivity index (χ1v) is 3.78. The Balaban J connectivity index is 2.96. The van der Waals surface area contributed by atoms with E-state index in [1.807, 2.05) is 0 Å². The molecule has 4 nitrogen and oxygen atoms in total. The molecule has 0 aliphatic rings. The van der Waals surface area contributed by atoms with E-state index < -0.39 is 13.7 Å². The number of nitrogens with zero attached hydrogens (tertiary/aromatic N) is 1. The Morgan fingerprint density at radius 1 is 1.50 bits per heavy atom. The van der Waals surface area contributed by atoms with Crippen molar-refractivity contribution < 1.29 is 23.6 Å². The Morgan fingerprint density at radius 3 is 2.64 bits per heavy atom. The van der Waals surface area contributed by atoms with Crippen LogP contribution >= 0.6 is 0 Å². The molecule has 0 fully saturated rings. The SMILES string of the molecule is Cc1ncc(B(O)O)cc1OC(F)F. The number of aromatic nitrogens is 1. The molecule has 0 spiro atoms. The molecular formula is C7H8BF2NO3. The summed E-state index contributed by atoms with van der Waals surface area (Å²) in [6.45, 7) is -1.48. The minimum atomic E-state index is -2.96. The Hall–Kier alpha value is -1.21. The van der Waals surface area contributed by atoms with Gasteiger partial charge in [-0.15, -0.1) is 0 Å². The largest absolute Gasteiger partial charge is 0.490 e. The van der Waals surface area contributed by atoms with Gasteiger partial charge in [-0.25, -0.2) is 0 Å². The van der Waals surface area contributed by atoms with Gasteiger partial charge in [-0.3, -0.25) is 4.98 Å². The minimum absolute atomic E-state index is 0.00579. The molecule has 2 N–H and O–H groups in total. The smallest absolute Gasteiger partial charge is 0.433 e. The van der Waals surface area contributed by atoms with Gasteiger partial charge in [-0.05, 0) is 13.0 Å². The van der Waals surface area contributed by atoms with E-state index >= 15 is 0 Å². The van der Waals surface area contributed by atoms with Crippen molar-refractivity contribution in [2.24, 2.45) is 0 Å². The van der Waals surface area contributed by atoms with Crippen LogP contribution in [0.4, 0.5) is 8.78 Å². The summed E-state index contributed by atoms with van der Waals surface area (Å²) in [7, 11) is -1.75. The summed E-state index contributed by atoms with van der Waals surface area (Å²) < 4.78 is 27.8. The molecule has 0 aliphatic heterocycles. The highest BCUT2D eigenvalue weighted by Crippen LogP contribution is 2.15. The summed E-state index contributed by atoms with van der Waals surface area (Å²) in [5.41, 5.74) is 0.265. The van der Waals surface area contributed by atoms with Gasteiger partial charge in [0.25, 0.3) is 0 Å². The summed E-state index contributed by atoms with van der Waals surface area (Å²) in [4.78, 5) is 3.68. The maximum absolute atomic E-state index is 11.9. The van der Waals surface area contributed by atoms with Crippen LogP contribution in [0.5, 0.6) is 5.75 Å². The molecule has 0 bridgehead atoms. The summed E-state index contributed by atoms with van der Waals surface area (Å²) in [5.74, 6) is -0.161. The lowest BCUT2D eigenvalue weighted by molar-refractivity contribution is -0.0505. The second kappa shape index (κ2) is 4.34. The van der Waals surface area contributed by atoms with Crippen LogP contribution in [-0.2, 0) is 0 Å². The van der Waals surface area contributed by atoms with Crippen LogP contribution in [0.3, 0.4) is 0 Å². The van der Waals surface area contributed by atoms with Gasteiger partial charge in [0, 0.05) is 11.7 Å². The Morgan fingerprint density at radius 2 is 2.14 bits per heavy atom. The number of alkyl halides is 2. The van der Waals surface area contributed by atoms with Gasteiger partial charge < -0.3 is 14.8 Å². The van der Waals surface area contributed by atoms with Crippen LogP contribution in [0, 0.1) is 6.92 Å². The van der Waals surface area contributed by atoms with Crippen LogP contribution in [0.15, 0.2) is 12.3 Å². The predicted octanol–water partition coefficient (Wildman–Crippen LogP) is -0.329. The molecule has 0 atom stereocenters. The molecule has 0 aromatic carbocycles. The van der Waals surface area contributed by atoms with Crippen molar-refractivity contribution in [3.63, 3.8) is 0 Å². The summed E-state index contributed by atoms with van der Waals surface area (Å²) >= 11 is 0. The van der Waals surface area contributed by atoms with Gasteiger partial charge in [-0.1, -0.05) is 0 Å². The van der Waals surface area contributed by atoms with E-state index in [0.717, 1.165) is 6.07 Å². The zero-order valence-corrected chi connectivity index (χ0v) is 7.32. The molecule has 1 heterocycles. The first kappa shape index (κ1) is 10.9. The molecule has 0 saturated carbocycles. The van der Waals surface area contributed by atoms with Crippen molar-refractivity contribution in [3.8, 4) is 5.75 Å². The number of aryl methyl sites for hydroxylation is 1. The Bertz CT molecular complexity index is 322. The molecular weight excluding hydrogens is 195 g/mol. The lowest BCUT2D eigenvalue weighted by atomic mass is 9.81. The van der Waals surface area contributed by atoms with E-state index in [0.29, 0.717) is 0 Å². The van der Waals surface area contributed by atoms with Gasteiger partial charge in [-0.2, -0.15) is 8.78 Å². The molecule has 1 aromatic rings. The number of rotatable bonds is 3. The molecule has 0 saturated heterocycles. The van der Waals surface area contributed by atoms with Gasteiger partial charge in [0.2, 0.25) is 0 Å². The predicted molar refractivity (Wildman–Crippen MR) is 45.4 cm³/mol. The number of ether oxygens (including phenoxy) is 1. The van der Waals surface area contributed by atoms with Crippen molar-refractivity contribution in [3.05, 3.63) is 18.0 Å². The molecule has 1 rings (SSSR count). The molecule has 0 unspecified atom stereocenters. The third kappa shape index (κ3) is 2.64. The maximum Gasteiger partial charge on any atom is 0.490 e. The molecule has 1 aromatic heterocycles. The summed E-state index contributed by atoms with van der Waals surface area (Å²) in [6, 6.07) is 1.11. The minimum Gasteiger partial charge on any atom is -0.433 e. The molecule has 76 valence electrons. The van der Waals surface area contributed by atoms with Gasteiger partial charge in [0.15, 0.2) is 0 Å². The maximum atomic E-state index is 11.9. The van der Waals surface area contributed by atoms with Crippen LogP contribution in [-0.4, -0.2) is 28.8 Å². The van der Waals surface area contributed by atoms with Gasteiger partial charge >= 0.3 is 13.7 Å². The second-order valence-corrected chi connectivity index (χ2v) is 2.60. The lowest BCUT2D eigenvalue weighted by Crippen LogP contribution is -2.30. The standard InChI is InChI=1S/C7H8BF2NO3/c1-4-6(14-7(9)10)2-5(3-11-4)8(12)13/h2-3,7,12-13H,1H3. The average molecular weight is 203 g/mol. The normalized spacial score (nSPS) is 10.4. The topological polar surface area (TPSA) is 62.6 Å². The van der Waals surface area contributed by atoms with Crippen molar-refractivity contribution >= 4 is 12.6 Å². The Kier molecular flexibility index (Phi) is 3.37. The fourth-order valence-electron chi connectivity index (χ4n) is 0.885. The van der Waals surface area contributed by atoms with Crippen molar-refractivity contribution in [2.45, 2.75) is 13.5 Å². The van der Waals surface area contributed by atoms with Crippen LogP contribution in [0.25, 0.3) is 0 Å².